The topological polar surface area (TPSA) is 88.5 Å². The van der Waals surface area contributed by atoms with Gasteiger partial charge < -0.3 is 10.6 Å². The Labute approximate surface area is 154 Å². The van der Waals surface area contributed by atoms with Gasteiger partial charge in [0.15, 0.2) is 5.82 Å². The number of aromatic nitrogens is 5. The highest BCUT2D eigenvalue weighted by molar-refractivity contribution is 5.50. The monoisotopic (exact) mass is 379 g/mol. The number of anilines is 2. The maximum Gasteiger partial charge on any atom is 0.433 e. The Morgan fingerprint density at radius 1 is 1.04 bits per heavy atom. The fourth-order valence-electron chi connectivity index (χ4n) is 2.72. The fraction of sp³-hybridized carbons (Fsp3) is 0.588. The van der Waals surface area contributed by atoms with Crippen LogP contribution in [0.4, 0.5) is 25.1 Å². The molecule has 2 aliphatic carbocycles. The van der Waals surface area contributed by atoms with Gasteiger partial charge in [-0.15, -0.1) is 0 Å². The minimum atomic E-state index is -4.56. The van der Waals surface area contributed by atoms with Gasteiger partial charge in [-0.2, -0.15) is 28.1 Å². The van der Waals surface area contributed by atoms with Crippen LogP contribution in [0.15, 0.2) is 12.3 Å². The number of halogens is 3. The minimum absolute atomic E-state index is 0.0138. The van der Waals surface area contributed by atoms with Crippen molar-refractivity contribution in [3.05, 3.63) is 18.0 Å². The van der Waals surface area contributed by atoms with Gasteiger partial charge in [0.2, 0.25) is 17.7 Å². The van der Waals surface area contributed by atoms with Crippen molar-refractivity contribution in [3.63, 3.8) is 0 Å². The quantitative estimate of drug-likeness (QED) is 0.762. The first-order valence-electron chi connectivity index (χ1n) is 9.05. The van der Waals surface area contributed by atoms with E-state index in [0.29, 0.717) is 23.7 Å². The molecule has 2 N–H and O–H groups in total. The number of hydrogen-bond donors (Lipinski definition) is 2. The second-order valence-electron chi connectivity index (χ2n) is 7.16. The maximum atomic E-state index is 13.0. The number of nitrogens with zero attached hydrogens (tertiary/aromatic N) is 5. The van der Waals surface area contributed by atoms with Crippen LogP contribution in [0, 0.1) is 11.8 Å². The van der Waals surface area contributed by atoms with Crippen LogP contribution in [-0.4, -0.2) is 37.5 Å². The molecule has 2 aliphatic rings. The Hall–Kier alpha value is -2.52. The Morgan fingerprint density at radius 2 is 1.78 bits per heavy atom. The van der Waals surface area contributed by atoms with Gasteiger partial charge in [-0.05, 0) is 50.5 Å². The fourth-order valence-corrected chi connectivity index (χ4v) is 2.72. The summed E-state index contributed by atoms with van der Waals surface area (Å²) in [4.78, 5) is 20.3. The average Bonchev–Trinajstić information content (AvgIpc) is 3.53. The molecular weight excluding hydrogens is 359 g/mol. The number of hydrogen-bond acceptors (Lipinski definition) is 7. The smallest absolute Gasteiger partial charge is 0.354 e. The lowest BCUT2D eigenvalue weighted by atomic mass is 10.2. The van der Waals surface area contributed by atoms with E-state index in [9.17, 15) is 13.2 Å². The summed E-state index contributed by atoms with van der Waals surface area (Å²) in [6.07, 6.45) is 1.12. The molecule has 2 fully saturated rings. The van der Waals surface area contributed by atoms with E-state index in [-0.39, 0.29) is 17.7 Å². The molecule has 0 radical (unpaired) electrons. The predicted octanol–water partition coefficient (Wildman–Crippen LogP) is 3.38. The molecule has 27 heavy (non-hydrogen) atoms. The molecule has 10 heteroatoms. The van der Waals surface area contributed by atoms with Gasteiger partial charge in [0.25, 0.3) is 0 Å². The van der Waals surface area contributed by atoms with E-state index in [1.165, 1.54) is 0 Å². The molecule has 1 atom stereocenters. The molecule has 7 nitrogen and oxygen atoms in total. The van der Waals surface area contributed by atoms with Crippen molar-refractivity contribution >= 4 is 11.9 Å². The highest BCUT2D eigenvalue weighted by Gasteiger charge is 2.33. The van der Waals surface area contributed by atoms with Gasteiger partial charge in [-0.25, -0.2) is 9.97 Å². The van der Waals surface area contributed by atoms with Crippen molar-refractivity contribution in [1.29, 1.82) is 0 Å². The normalized spacial score (nSPS) is 18.2. The van der Waals surface area contributed by atoms with Gasteiger partial charge in [-0.1, -0.05) is 0 Å². The molecule has 144 valence electrons. The molecule has 0 spiro atoms. The van der Waals surface area contributed by atoms with Crippen molar-refractivity contribution in [2.45, 2.75) is 44.8 Å². The molecule has 0 aliphatic heterocycles. The van der Waals surface area contributed by atoms with Crippen molar-refractivity contribution in [2.75, 3.05) is 17.2 Å². The van der Waals surface area contributed by atoms with Crippen molar-refractivity contribution in [3.8, 4) is 11.6 Å². The zero-order valence-electron chi connectivity index (χ0n) is 14.8. The molecule has 0 unspecified atom stereocenters. The van der Waals surface area contributed by atoms with Gasteiger partial charge in [0.05, 0.1) is 0 Å². The largest absolute Gasteiger partial charge is 0.433 e. The molecule has 0 amide bonds. The van der Waals surface area contributed by atoms with Crippen LogP contribution < -0.4 is 10.6 Å². The van der Waals surface area contributed by atoms with E-state index in [0.717, 1.165) is 44.5 Å². The van der Waals surface area contributed by atoms with Gasteiger partial charge in [0, 0.05) is 18.8 Å². The highest BCUT2D eigenvalue weighted by Crippen LogP contribution is 2.34. The van der Waals surface area contributed by atoms with E-state index in [1.807, 2.05) is 6.92 Å². The lowest BCUT2D eigenvalue weighted by Gasteiger charge is -2.14. The van der Waals surface area contributed by atoms with Crippen molar-refractivity contribution in [1.82, 2.24) is 24.9 Å². The third-order valence-corrected chi connectivity index (χ3v) is 4.71. The molecule has 0 saturated heterocycles. The molecule has 0 aromatic carbocycles. The van der Waals surface area contributed by atoms with Crippen LogP contribution in [-0.2, 0) is 6.18 Å². The van der Waals surface area contributed by atoms with E-state index >= 15 is 0 Å². The summed E-state index contributed by atoms with van der Waals surface area (Å²) in [6, 6.07) is 1.00. The van der Waals surface area contributed by atoms with Crippen molar-refractivity contribution < 1.29 is 13.2 Å². The third-order valence-electron chi connectivity index (χ3n) is 4.71. The van der Waals surface area contributed by atoms with Gasteiger partial charge in [0.1, 0.15) is 5.69 Å². The SMILES string of the molecule is C[C@@H](Nc1nc(NCC2CC2)nc(-c2nccc(C(F)(F)F)n2)n1)C1CC1. The molecule has 2 aromatic rings. The van der Waals surface area contributed by atoms with Crippen LogP contribution >= 0.6 is 0 Å². The first-order valence-corrected chi connectivity index (χ1v) is 9.05. The summed E-state index contributed by atoms with van der Waals surface area (Å²) in [6.45, 7) is 2.77. The predicted molar refractivity (Wildman–Crippen MR) is 92.9 cm³/mol. The van der Waals surface area contributed by atoms with E-state index in [1.54, 1.807) is 0 Å². The van der Waals surface area contributed by atoms with Crippen LogP contribution in [0.2, 0.25) is 0 Å². The van der Waals surface area contributed by atoms with Crippen LogP contribution in [0.5, 0.6) is 0 Å². The summed E-state index contributed by atoms with van der Waals surface area (Å²) < 4.78 is 38.9. The number of alkyl halides is 3. The highest BCUT2D eigenvalue weighted by atomic mass is 19.4. The first kappa shape index (κ1) is 17.9. The van der Waals surface area contributed by atoms with Crippen molar-refractivity contribution in [2.24, 2.45) is 11.8 Å². The molecule has 2 saturated carbocycles. The number of nitrogens with one attached hydrogen (secondary N) is 2. The zero-order valence-corrected chi connectivity index (χ0v) is 14.8. The Balaban J connectivity index is 1.63. The average molecular weight is 379 g/mol. The Bertz CT molecular complexity index is 818. The molecule has 4 rings (SSSR count). The Morgan fingerprint density at radius 3 is 2.44 bits per heavy atom. The molecule has 2 heterocycles. The second-order valence-corrected chi connectivity index (χ2v) is 7.16. The summed E-state index contributed by atoms with van der Waals surface area (Å²) in [5, 5.41) is 6.36. The van der Waals surface area contributed by atoms with Crippen LogP contribution in [0.25, 0.3) is 11.6 Å². The maximum absolute atomic E-state index is 13.0. The molecule has 2 aromatic heterocycles. The first-order chi connectivity index (χ1) is 12.9. The second kappa shape index (κ2) is 6.90. The van der Waals surface area contributed by atoms with Gasteiger partial charge >= 0.3 is 6.18 Å². The van der Waals surface area contributed by atoms with E-state index in [4.69, 9.17) is 0 Å². The lowest BCUT2D eigenvalue weighted by Crippen LogP contribution is -2.20. The minimum Gasteiger partial charge on any atom is -0.354 e. The number of rotatable bonds is 7. The third kappa shape index (κ3) is 4.61. The summed E-state index contributed by atoms with van der Waals surface area (Å²) in [5.41, 5.74) is -1.03. The summed E-state index contributed by atoms with van der Waals surface area (Å²) in [5.74, 6) is 1.63. The van der Waals surface area contributed by atoms with Crippen LogP contribution in [0.3, 0.4) is 0 Å². The van der Waals surface area contributed by atoms with E-state index < -0.39 is 11.9 Å². The lowest BCUT2D eigenvalue weighted by molar-refractivity contribution is -0.141. The summed E-state index contributed by atoms with van der Waals surface area (Å²) >= 11 is 0. The Kier molecular flexibility index (Phi) is 4.56. The molecular formula is C17H20F3N7. The summed E-state index contributed by atoms with van der Waals surface area (Å²) in [7, 11) is 0. The van der Waals surface area contributed by atoms with Gasteiger partial charge in [-0.3, -0.25) is 0 Å². The standard InChI is InChI=1S/C17H20F3N7/c1-9(11-4-5-11)23-16-26-14(25-15(27-16)22-8-10-2-3-10)13-21-7-6-12(24-13)17(18,19)20/h6-7,9-11H,2-5,8H2,1H3,(H2,22,23,25,26,27)/t9-/m1/s1. The molecule has 0 bridgehead atoms. The van der Waals surface area contributed by atoms with Crippen LogP contribution in [0.1, 0.15) is 38.3 Å². The zero-order chi connectivity index (χ0) is 19.0. The van der Waals surface area contributed by atoms with E-state index in [2.05, 4.69) is 35.6 Å².